The second-order valence-electron chi connectivity index (χ2n) is 6.56. The van der Waals surface area contributed by atoms with Gasteiger partial charge in [0, 0.05) is 5.39 Å². The molecule has 0 bridgehead atoms. The maximum absolute atomic E-state index is 13.4. The summed E-state index contributed by atoms with van der Waals surface area (Å²) in [7, 11) is -4.13. The molecule has 29 heavy (non-hydrogen) atoms. The van der Waals surface area contributed by atoms with Gasteiger partial charge in [0.25, 0.3) is 10.0 Å². The van der Waals surface area contributed by atoms with Gasteiger partial charge < -0.3 is 4.42 Å². The molecule has 146 valence electrons. The maximum atomic E-state index is 13.4. The molecule has 0 spiro atoms. The van der Waals surface area contributed by atoms with Crippen LogP contribution in [0.4, 0.5) is 5.69 Å². The summed E-state index contributed by atoms with van der Waals surface area (Å²) in [5.41, 5.74) is 1.83. The summed E-state index contributed by atoms with van der Waals surface area (Å²) in [5, 5.41) is 0.731. The number of carbonyl (C=O) groups excluding carboxylic acids is 1. The molecule has 3 aromatic carbocycles. The number of benzene rings is 3. The molecule has 0 saturated heterocycles. The number of sulfonamides is 1. The summed E-state index contributed by atoms with van der Waals surface area (Å²) in [6.45, 7) is 2.01. The van der Waals surface area contributed by atoms with E-state index in [0.29, 0.717) is 5.58 Å². The zero-order valence-corrected chi connectivity index (χ0v) is 16.6. The van der Waals surface area contributed by atoms with Crippen LogP contribution in [0.15, 0.2) is 94.2 Å². The Labute approximate surface area is 169 Å². The number of hydrogen-bond acceptors (Lipinski definition) is 4. The number of furan rings is 1. The Balaban J connectivity index is 1.86. The van der Waals surface area contributed by atoms with Crippen LogP contribution in [0, 0.1) is 0 Å². The van der Waals surface area contributed by atoms with Gasteiger partial charge in [-0.3, -0.25) is 4.79 Å². The molecule has 0 N–H and O–H groups in total. The van der Waals surface area contributed by atoms with Crippen molar-refractivity contribution in [3.63, 3.8) is 0 Å². The summed E-state index contributed by atoms with van der Waals surface area (Å²) in [6, 6.07) is 23.5. The van der Waals surface area contributed by atoms with Crippen molar-refractivity contribution in [1.82, 2.24) is 0 Å². The highest BCUT2D eigenvalue weighted by molar-refractivity contribution is 7.93. The highest BCUT2D eigenvalue weighted by Gasteiger charge is 2.33. The van der Waals surface area contributed by atoms with Gasteiger partial charge in [-0.15, -0.1) is 0 Å². The van der Waals surface area contributed by atoms with Crippen LogP contribution in [0.25, 0.3) is 11.0 Å². The molecule has 0 saturated carbocycles. The number of fused-ring (bicyclic) bond motifs is 1. The van der Waals surface area contributed by atoms with Crippen molar-refractivity contribution in [2.24, 2.45) is 0 Å². The molecule has 1 heterocycles. The monoisotopic (exact) mass is 405 g/mol. The van der Waals surface area contributed by atoms with E-state index in [2.05, 4.69) is 0 Å². The Bertz CT molecular complexity index is 1230. The fraction of sp³-hybridized carbons (Fsp3) is 0.0870. The lowest BCUT2D eigenvalue weighted by Crippen LogP contribution is -2.36. The lowest BCUT2D eigenvalue weighted by molar-refractivity contribution is 0.0981. The molecule has 6 heteroatoms. The van der Waals surface area contributed by atoms with E-state index in [1.807, 2.05) is 31.2 Å². The second kappa shape index (κ2) is 7.56. The zero-order valence-electron chi connectivity index (χ0n) is 15.8. The molecular weight excluding hydrogens is 386 g/mol. The van der Waals surface area contributed by atoms with Crippen molar-refractivity contribution in [2.45, 2.75) is 18.2 Å². The van der Waals surface area contributed by atoms with Crippen molar-refractivity contribution in [3.8, 4) is 0 Å². The first-order valence-electron chi connectivity index (χ1n) is 9.23. The zero-order chi connectivity index (χ0) is 20.4. The minimum atomic E-state index is -4.13. The molecule has 1 amide bonds. The van der Waals surface area contributed by atoms with Gasteiger partial charge in [-0.1, -0.05) is 55.5 Å². The third-order valence-corrected chi connectivity index (χ3v) is 6.41. The summed E-state index contributed by atoms with van der Waals surface area (Å²) >= 11 is 0. The Kier molecular flexibility index (Phi) is 4.94. The number of amides is 1. The summed E-state index contributed by atoms with van der Waals surface area (Å²) in [4.78, 5) is 13.4. The van der Waals surface area contributed by atoms with Crippen molar-refractivity contribution in [3.05, 3.63) is 96.3 Å². The normalized spacial score (nSPS) is 11.5. The summed E-state index contributed by atoms with van der Waals surface area (Å²) < 4.78 is 33.2. The Hall–Kier alpha value is -3.38. The van der Waals surface area contributed by atoms with E-state index in [1.165, 1.54) is 12.1 Å². The molecule has 0 aliphatic carbocycles. The van der Waals surface area contributed by atoms with Gasteiger partial charge in [-0.2, -0.15) is 4.31 Å². The quantitative estimate of drug-likeness (QED) is 0.467. The van der Waals surface area contributed by atoms with E-state index >= 15 is 0 Å². The average molecular weight is 405 g/mol. The maximum Gasteiger partial charge on any atom is 0.308 e. The number of anilines is 1. The molecule has 0 aliphatic rings. The van der Waals surface area contributed by atoms with E-state index in [4.69, 9.17) is 4.42 Å². The van der Waals surface area contributed by atoms with Crippen molar-refractivity contribution >= 4 is 32.6 Å². The van der Waals surface area contributed by atoms with Crippen LogP contribution in [-0.4, -0.2) is 14.3 Å². The number of carbonyl (C=O) groups is 1. The largest absolute Gasteiger partial charge is 0.451 e. The van der Waals surface area contributed by atoms with E-state index in [-0.39, 0.29) is 16.3 Å². The first-order valence-corrected chi connectivity index (χ1v) is 10.7. The second-order valence-corrected chi connectivity index (χ2v) is 8.34. The van der Waals surface area contributed by atoms with E-state index in [9.17, 15) is 13.2 Å². The third kappa shape index (κ3) is 3.54. The number of rotatable bonds is 5. The Morgan fingerprint density at radius 2 is 1.55 bits per heavy atom. The molecule has 1 aromatic heterocycles. The molecule has 4 rings (SSSR count). The van der Waals surface area contributed by atoms with Gasteiger partial charge in [-0.25, -0.2) is 8.42 Å². The highest BCUT2D eigenvalue weighted by Crippen LogP contribution is 2.28. The van der Waals surface area contributed by atoms with Crippen LogP contribution >= 0.6 is 0 Å². The predicted molar refractivity (Wildman–Crippen MR) is 112 cm³/mol. The fourth-order valence-corrected chi connectivity index (χ4v) is 4.54. The lowest BCUT2D eigenvalue weighted by atomic mass is 10.1. The van der Waals surface area contributed by atoms with Gasteiger partial charge >= 0.3 is 5.91 Å². The van der Waals surface area contributed by atoms with E-state index in [0.717, 1.165) is 21.7 Å². The molecular formula is C23H19NO4S. The minimum Gasteiger partial charge on any atom is -0.451 e. The standard InChI is InChI=1S/C23H19NO4S/c1-2-17-12-14-19(15-13-17)24(29(26,27)20-9-4-3-5-10-20)23(25)22-16-18-8-6-7-11-21(18)28-22/h3-16H,2H2,1H3. The van der Waals surface area contributed by atoms with Gasteiger partial charge in [0.05, 0.1) is 10.6 Å². The smallest absolute Gasteiger partial charge is 0.308 e. The van der Waals surface area contributed by atoms with Crippen LogP contribution in [-0.2, 0) is 16.4 Å². The fourth-order valence-electron chi connectivity index (χ4n) is 3.12. The first-order chi connectivity index (χ1) is 14.0. The molecule has 0 radical (unpaired) electrons. The van der Waals surface area contributed by atoms with Crippen LogP contribution in [0.1, 0.15) is 23.0 Å². The molecule has 0 unspecified atom stereocenters. The van der Waals surface area contributed by atoms with Crippen molar-refractivity contribution in [2.75, 3.05) is 4.31 Å². The Morgan fingerprint density at radius 1 is 0.897 bits per heavy atom. The van der Waals surface area contributed by atoms with Crippen molar-refractivity contribution < 1.29 is 17.6 Å². The minimum absolute atomic E-state index is 0.0315. The number of para-hydroxylation sites is 1. The first kappa shape index (κ1) is 19.0. The van der Waals surface area contributed by atoms with Crippen LogP contribution in [0.5, 0.6) is 0 Å². The third-order valence-electron chi connectivity index (χ3n) is 4.68. The topological polar surface area (TPSA) is 67.6 Å². The molecule has 5 nitrogen and oxygen atoms in total. The van der Waals surface area contributed by atoms with Gasteiger partial charge in [0.2, 0.25) is 0 Å². The number of nitrogens with zero attached hydrogens (tertiary/aromatic N) is 1. The van der Waals surface area contributed by atoms with Gasteiger partial charge in [0.1, 0.15) is 5.58 Å². The molecule has 0 aliphatic heterocycles. The lowest BCUT2D eigenvalue weighted by Gasteiger charge is -2.22. The van der Waals surface area contributed by atoms with Crippen LogP contribution in [0.3, 0.4) is 0 Å². The van der Waals surface area contributed by atoms with Crippen molar-refractivity contribution in [1.29, 1.82) is 0 Å². The number of hydrogen-bond donors (Lipinski definition) is 0. The number of aryl methyl sites for hydroxylation is 1. The molecule has 4 aromatic rings. The van der Waals surface area contributed by atoms with Gasteiger partial charge in [0.15, 0.2) is 5.76 Å². The molecule has 0 fully saturated rings. The summed E-state index contributed by atoms with van der Waals surface area (Å²) in [5.74, 6) is -0.778. The highest BCUT2D eigenvalue weighted by atomic mass is 32.2. The van der Waals surface area contributed by atoms with E-state index in [1.54, 1.807) is 48.5 Å². The van der Waals surface area contributed by atoms with E-state index < -0.39 is 15.9 Å². The van der Waals surface area contributed by atoms with Crippen LogP contribution < -0.4 is 4.31 Å². The summed E-state index contributed by atoms with van der Waals surface area (Å²) in [6.07, 6.45) is 0.809. The average Bonchev–Trinajstić information content (AvgIpc) is 3.19. The van der Waals surface area contributed by atoms with Crippen LogP contribution in [0.2, 0.25) is 0 Å². The SMILES string of the molecule is CCc1ccc(N(C(=O)c2cc3ccccc3o2)S(=O)(=O)c2ccccc2)cc1. The molecule has 0 atom stereocenters. The van der Waals surface area contributed by atoms with Gasteiger partial charge in [-0.05, 0) is 48.4 Å². The predicted octanol–water partition coefficient (Wildman–Crippen LogP) is 5.03. The Morgan fingerprint density at radius 3 is 2.21 bits per heavy atom.